The van der Waals surface area contributed by atoms with Gasteiger partial charge in [-0.15, -0.1) is 0 Å². The molecule has 0 N–H and O–H groups in total. The van der Waals surface area contributed by atoms with Crippen molar-refractivity contribution in [3.63, 3.8) is 0 Å². The number of hydrogen-bond donors (Lipinski definition) is 0. The van der Waals surface area contributed by atoms with Crippen LogP contribution in [0, 0.1) is 5.82 Å². The smallest absolute Gasteiger partial charge is 0.123 e. The summed E-state index contributed by atoms with van der Waals surface area (Å²) >= 11 is 0. The van der Waals surface area contributed by atoms with Gasteiger partial charge in [-0.05, 0) is 75.3 Å². The van der Waals surface area contributed by atoms with Gasteiger partial charge < -0.3 is 9.47 Å². The number of piperidine rings is 1. The first-order valence-corrected chi connectivity index (χ1v) is 9.75. The van der Waals surface area contributed by atoms with Crippen LogP contribution >= 0.6 is 0 Å². The molecule has 1 aliphatic rings. The summed E-state index contributed by atoms with van der Waals surface area (Å²) in [6.45, 7) is 4.49. The fraction of sp³-hybridized carbons (Fsp3) is 0.364. The van der Waals surface area contributed by atoms with Gasteiger partial charge in [0.2, 0.25) is 0 Å². The molecule has 4 rings (SSSR count). The van der Waals surface area contributed by atoms with Crippen molar-refractivity contribution in [2.24, 2.45) is 0 Å². The van der Waals surface area contributed by atoms with Crippen LogP contribution in [-0.2, 0) is 6.54 Å². The molecule has 0 spiro atoms. The number of benzene rings is 1. The lowest BCUT2D eigenvalue weighted by molar-refractivity contribution is 0.223. The van der Waals surface area contributed by atoms with Gasteiger partial charge in [0.1, 0.15) is 5.82 Å². The van der Waals surface area contributed by atoms with E-state index in [1.54, 1.807) is 24.5 Å². The van der Waals surface area contributed by atoms with Crippen molar-refractivity contribution in [1.82, 2.24) is 19.4 Å². The summed E-state index contributed by atoms with van der Waals surface area (Å²) in [5.74, 6) is -0.231. The van der Waals surface area contributed by atoms with Crippen LogP contribution in [0.15, 0.2) is 55.1 Å². The minimum atomic E-state index is -0.231. The van der Waals surface area contributed by atoms with E-state index in [-0.39, 0.29) is 5.82 Å². The summed E-state index contributed by atoms with van der Waals surface area (Å²) in [5, 5.41) is 0. The molecule has 3 aromatic rings. The van der Waals surface area contributed by atoms with Gasteiger partial charge in [0, 0.05) is 30.1 Å². The molecule has 0 bridgehead atoms. The van der Waals surface area contributed by atoms with Gasteiger partial charge in [0.05, 0.1) is 17.7 Å². The van der Waals surface area contributed by atoms with Gasteiger partial charge in [0.15, 0.2) is 0 Å². The molecule has 140 valence electrons. The van der Waals surface area contributed by atoms with Gasteiger partial charge in [-0.3, -0.25) is 4.98 Å². The van der Waals surface area contributed by atoms with Crippen molar-refractivity contribution in [2.45, 2.75) is 32.2 Å². The Bertz CT molecular complexity index is 852. The van der Waals surface area contributed by atoms with E-state index >= 15 is 0 Å². The second kappa shape index (κ2) is 8.44. The highest BCUT2D eigenvalue weighted by molar-refractivity contribution is 5.78. The number of hydrogen-bond acceptors (Lipinski definition) is 3. The Kier molecular flexibility index (Phi) is 5.58. The molecule has 0 amide bonds. The van der Waals surface area contributed by atoms with Gasteiger partial charge >= 0.3 is 0 Å². The highest BCUT2D eigenvalue weighted by Gasteiger charge is 2.16. The highest BCUT2D eigenvalue weighted by Crippen LogP contribution is 2.31. The van der Waals surface area contributed by atoms with Gasteiger partial charge in [-0.1, -0.05) is 6.42 Å². The van der Waals surface area contributed by atoms with Crippen LogP contribution in [0.5, 0.6) is 0 Å². The van der Waals surface area contributed by atoms with Crippen LogP contribution in [0.4, 0.5) is 4.39 Å². The zero-order valence-electron chi connectivity index (χ0n) is 15.5. The van der Waals surface area contributed by atoms with E-state index in [0.717, 1.165) is 42.0 Å². The number of likely N-dealkylation sites (tertiary alicyclic amines) is 1. The number of aromatic nitrogens is 3. The third-order valence-corrected chi connectivity index (χ3v) is 5.23. The van der Waals surface area contributed by atoms with E-state index in [0.29, 0.717) is 0 Å². The molecule has 3 heterocycles. The lowest BCUT2D eigenvalue weighted by atomic mass is 10.1. The molecule has 0 atom stereocenters. The van der Waals surface area contributed by atoms with E-state index in [2.05, 4.69) is 19.4 Å². The SMILES string of the molecule is Fc1ccc(-c2ncn(CCCN3CCCCC3)c2-c2ccncc2)cc1. The molecular formula is C22H25FN4. The number of imidazole rings is 1. The Hall–Kier alpha value is -2.53. The first kappa shape index (κ1) is 17.9. The van der Waals surface area contributed by atoms with Crippen LogP contribution in [-0.4, -0.2) is 39.1 Å². The maximum absolute atomic E-state index is 13.3. The van der Waals surface area contributed by atoms with E-state index in [1.807, 2.05) is 18.5 Å². The zero-order valence-corrected chi connectivity index (χ0v) is 15.5. The summed E-state index contributed by atoms with van der Waals surface area (Å²) < 4.78 is 15.6. The molecule has 1 fully saturated rings. The molecule has 1 aromatic carbocycles. The lowest BCUT2D eigenvalue weighted by Crippen LogP contribution is -2.31. The predicted molar refractivity (Wildman–Crippen MR) is 106 cm³/mol. The summed E-state index contributed by atoms with van der Waals surface area (Å²) in [5.41, 5.74) is 3.97. The Morgan fingerprint density at radius 1 is 0.852 bits per heavy atom. The Morgan fingerprint density at radius 3 is 2.33 bits per heavy atom. The van der Waals surface area contributed by atoms with Crippen molar-refractivity contribution in [2.75, 3.05) is 19.6 Å². The Balaban J connectivity index is 1.58. The molecule has 0 saturated carbocycles. The standard InChI is InChI=1S/C22H25FN4/c23-20-7-5-18(6-8-20)21-22(19-9-11-24-12-10-19)27(17-25-21)16-4-15-26-13-2-1-3-14-26/h5-12,17H,1-4,13-16H2. The second-order valence-corrected chi connectivity index (χ2v) is 7.13. The molecule has 1 aliphatic heterocycles. The van der Waals surface area contributed by atoms with Gasteiger partial charge in [0.25, 0.3) is 0 Å². The van der Waals surface area contributed by atoms with E-state index in [4.69, 9.17) is 0 Å². The molecule has 0 unspecified atom stereocenters. The minimum Gasteiger partial charge on any atom is -0.330 e. The average Bonchev–Trinajstić information content (AvgIpc) is 3.14. The van der Waals surface area contributed by atoms with Crippen LogP contribution in [0.3, 0.4) is 0 Å². The molecule has 4 nitrogen and oxygen atoms in total. The molecule has 2 aromatic heterocycles. The summed E-state index contributed by atoms with van der Waals surface area (Å²) in [7, 11) is 0. The molecule has 1 saturated heterocycles. The predicted octanol–water partition coefficient (Wildman–Crippen LogP) is 4.63. The van der Waals surface area contributed by atoms with E-state index in [9.17, 15) is 4.39 Å². The van der Waals surface area contributed by atoms with Gasteiger partial charge in [-0.2, -0.15) is 0 Å². The fourth-order valence-corrected chi connectivity index (χ4v) is 3.83. The van der Waals surface area contributed by atoms with Gasteiger partial charge in [-0.25, -0.2) is 9.37 Å². The summed E-state index contributed by atoms with van der Waals surface area (Å²) in [6.07, 6.45) is 10.6. The summed E-state index contributed by atoms with van der Waals surface area (Å²) in [4.78, 5) is 11.4. The normalized spacial score (nSPS) is 15.1. The van der Waals surface area contributed by atoms with Crippen LogP contribution in [0.25, 0.3) is 22.5 Å². The third kappa shape index (κ3) is 4.25. The average molecular weight is 364 g/mol. The number of pyridine rings is 1. The van der Waals surface area contributed by atoms with E-state index in [1.165, 1.54) is 44.5 Å². The number of aryl methyl sites for hydroxylation is 1. The fourth-order valence-electron chi connectivity index (χ4n) is 3.83. The van der Waals surface area contributed by atoms with E-state index < -0.39 is 0 Å². The minimum absolute atomic E-state index is 0.231. The van der Waals surface area contributed by atoms with Crippen molar-refractivity contribution in [3.05, 3.63) is 60.9 Å². The topological polar surface area (TPSA) is 34.0 Å². The number of nitrogens with zero attached hydrogens (tertiary/aromatic N) is 4. The van der Waals surface area contributed by atoms with Crippen molar-refractivity contribution in [3.8, 4) is 22.5 Å². The van der Waals surface area contributed by atoms with Crippen LogP contribution in [0.2, 0.25) is 0 Å². The molecule has 0 aliphatic carbocycles. The van der Waals surface area contributed by atoms with Crippen molar-refractivity contribution >= 4 is 0 Å². The first-order chi connectivity index (χ1) is 13.3. The third-order valence-electron chi connectivity index (χ3n) is 5.23. The molecule has 27 heavy (non-hydrogen) atoms. The first-order valence-electron chi connectivity index (χ1n) is 9.75. The summed E-state index contributed by atoms with van der Waals surface area (Å²) in [6, 6.07) is 10.6. The van der Waals surface area contributed by atoms with Crippen molar-refractivity contribution in [1.29, 1.82) is 0 Å². The highest BCUT2D eigenvalue weighted by atomic mass is 19.1. The monoisotopic (exact) mass is 364 g/mol. The molecular weight excluding hydrogens is 339 g/mol. The maximum atomic E-state index is 13.3. The Morgan fingerprint density at radius 2 is 1.59 bits per heavy atom. The number of rotatable bonds is 6. The van der Waals surface area contributed by atoms with Crippen LogP contribution in [0.1, 0.15) is 25.7 Å². The Labute approximate surface area is 159 Å². The quantitative estimate of drug-likeness (QED) is 0.640. The lowest BCUT2D eigenvalue weighted by Gasteiger charge is -2.26. The molecule has 5 heteroatoms. The van der Waals surface area contributed by atoms with Crippen molar-refractivity contribution < 1.29 is 4.39 Å². The second-order valence-electron chi connectivity index (χ2n) is 7.13. The maximum Gasteiger partial charge on any atom is 0.123 e. The van der Waals surface area contributed by atoms with Crippen LogP contribution < -0.4 is 0 Å². The molecule has 0 radical (unpaired) electrons. The largest absolute Gasteiger partial charge is 0.330 e. The number of halogens is 1. The zero-order chi connectivity index (χ0) is 18.5.